The highest BCUT2D eigenvalue weighted by Gasteiger charge is 2.18. The third kappa shape index (κ3) is 4.88. The standard InChI is InChI=1S/C16H23BrFN/c1-12(14-6-4-2-3-5-7-14)19-11-13-8-15(17)10-16(18)9-13/h8-10,12,14,19H,2-7,11H2,1H3/t12-/m0/s1. The van der Waals surface area contributed by atoms with Gasteiger partial charge < -0.3 is 5.32 Å². The van der Waals surface area contributed by atoms with E-state index in [1.54, 1.807) is 6.07 Å². The van der Waals surface area contributed by atoms with Crippen LogP contribution in [0, 0.1) is 11.7 Å². The van der Waals surface area contributed by atoms with Crippen molar-refractivity contribution in [2.45, 2.75) is 58.0 Å². The van der Waals surface area contributed by atoms with E-state index >= 15 is 0 Å². The van der Waals surface area contributed by atoms with Crippen molar-refractivity contribution >= 4 is 15.9 Å². The Hall–Kier alpha value is -0.410. The summed E-state index contributed by atoms with van der Waals surface area (Å²) < 4.78 is 14.1. The lowest BCUT2D eigenvalue weighted by molar-refractivity contribution is 0.336. The van der Waals surface area contributed by atoms with Gasteiger partial charge in [0, 0.05) is 17.1 Å². The summed E-state index contributed by atoms with van der Waals surface area (Å²) in [5.74, 6) is 0.604. The van der Waals surface area contributed by atoms with Crippen LogP contribution in [-0.4, -0.2) is 6.04 Å². The molecule has 1 aromatic carbocycles. The number of hydrogen-bond acceptors (Lipinski definition) is 1. The minimum Gasteiger partial charge on any atom is -0.310 e. The Bertz CT molecular complexity index is 379. The lowest BCUT2D eigenvalue weighted by atomic mass is 9.93. The highest BCUT2D eigenvalue weighted by Crippen LogP contribution is 2.25. The molecule has 0 radical (unpaired) electrons. The van der Waals surface area contributed by atoms with Gasteiger partial charge in [-0.1, -0.05) is 41.6 Å². The van der Waals surface area contributed by atoms with E-state index < -0.39 is 0 Å². The average Bonchev–Trinajstić information content (AvgIpc) is 2.63. The van der Waals surface area contributed by atoms with Gasteiger partial charge in [-0.25, -0.2) is 4.39 Å². The van der Waals surface area contributed by atoms with Crippen molar-refractivity contribution in [2.24, 2.45) is 5.92 Å². The first-order valence-electron chi connectivity index (χ1n) is 7.33. The maximum absolute atomic E-state index is 13.3. The molecule has 0 saturated heterocycles. The number of halogens is 2. The van der Waals surface area contributed by atoms with Crippen molar-refractivity contribution < 1.29 is 4.39 Å². The van der Waals surface area contributed by atoms with Gasteiger partial charge in [0.05, 0.1) is 0 Å². The fraction of sp³-hybridized carbons (Fsp3) is 0.625. The molecule has 0 aliphatic heterocycles. The number of hydrogen-bond donors (Lipinski definition) is 1. The van der Waals surface area contributed by atoms with Crippen molar-refractivity contribution in [3.8, 4) is 0 Å². The maximum atomic E-state index is 13.3. The van der Waals surface area contributed by atoms with E-state index in [4.69, 9.17) is 0 Å². The first kappa shape index (κ1) is 15.0. The van der Waals surface area contributed by atoms with E-state index in [0.717, 1.165) is 22.5 Å². The van der Waals surface area contributed by atoms with Gasteiger partial charge in [-0.3, -0.25) is 0 Å². The van der Waals surface area contributed by atoms with Crippen molar-refractivity contribution in [3.63, 3.8) is 0 Å². The molecule has 0 bridgehead atoms. The molecule has 1 saturated carbocycles. The maximum Gasteiger partial charge on any atom is 0.124 e. The molecule has 0 aromatic heterocycles. The summed E-state index contributed by atoms with van der Waals surface area (Å²) in [6, 6.07) is 5.60. The molecule has 1 aliphatic carbocycles. The smallest absolute Gasteiger partial charge is 0.124 e. The summed E-state index contributed by atoms with van der Waals surface area (Å²) in [6.07, 6.45) is 8.17. The second kappa shape index (κ2) is 7.39. The van der Waals surface area contributed by atoms with Gasteiger partial charge in [-0.05, 0) is 49.4 Å². The SMILES string of the molecule is C[C@H](NCc1cc(F)cc(Br)c1)C1CCCCCC1. The van der Waals surface area contributed by atoms with Gasteiger partial charge in [0.1, 0.15) is 5.82 Å². The van der Waals surface area contributed by atoms with E-state index in [9.17, 15) is 4.39 Å². The second-order valence-corrected chi connectivity index (χ2v) is 6.61. The zero-order chi connectivity index (χ0) is 13.7. The zero-order valence-corrected chi connectivity index (χ0v) is 13.2. The molecule has 1 nitrogen and oxygen atoms in total. The summed E-state index contributed by atoms with van der Waals surface area (Å²) in [4.78, 5) is 0. The lowest BCUT2D eigenvalue weighted by Gasteiger charge is -2.23. The molecule has 0 unspecified atom stereocenters. The van der Waals surface area contributed by atoms with Crippen LogP contribution >= 0.6 is 15.9 Å². The summed E-state index contributed by atoms with van der Waals surface area (Å²) in [6.45, 7) is 3.01. The molecule has 0 amide bonds. The monoisotopic (exact) mass is 327 g/mol. The predicted octanol–water partition coefficient (Wildman–Crippen LogP) is 5.04. The summed E-state index contributed by atoms with van der Waals surface area (Å²) in [7, 11) is 0. The van der Waals surface area contributed by atoms with Gasteiger partial charge in [0.2, 0.25) is 0 Å². The van der Waals surface area contributed by atoms with Gasteiger partial charge in [-0.2, -0.15) is 0 Å². The Labute approximate surface area is 124 Å². The van der Waals surface area contributed by atoms with E-state index in [2.05, 4.69) is 28.2 Å². The number of benzene rings is 1. The molecule has 1 atom stereocenters. The Balaban J connectivity index is 1.86. The summed E-state index contributed by atoms with van der Waals surface area (Å²) in [5.41, 5.74) is 1.01. The highest BCUT2D eigenvalue weighted by atomic mass is 79.9. The van der Waals surface area contributed by atoms with Crippen LogP contribution in [0.1, 0.15) is 51.0 Å². The van der Waals surface area contributed by atoms with Crippen LogP contribution in [0.2, 0.25) is 0 Å². The van der Waals surface area contributed by atoms with Crippen LogP contribution in [0.3, 0.4) is 0 Å². The van der Waals surface area contributed by atoms with Crippen molar-refractivity contribution in [1.29, 1.82) is 0 Å². The van der Waals surface area contributed by atoms with E-state index in [1.165, 1.54) is 44.6 Å². The topological polar surface area (TPSA) is 12.0 Å². The highest BCUT2D eigenvalue weighted by molar-refractivity contribution is 9.10. The largest absolute Gasteiger partial charge is 0.310 e. The van der Waals surface area contributed by atoms with Crippen molar-refractivity contribution in [1.82, 2.24) is 5.32 Å². The van der Waals surface area contributed by atoms with Crippen LogP contribution in [0.5, 0.6) is 0 Å². The van der Waals surface area contributed by atoms with Crippen LogP contribution in [-0.2, 0) is 6.54 Å². The average molecular weight is 328 g/mol. The molecule has 1 aromatic rings. The van der Waals surface area contributed by atoms with Crippen LogP contribution in [0.15, 0.2) is 22.7 Å². The van der Waals surface area contributed by atoms with Crippen LogP contribution in [0.25, 0.3) is 0 Å². The lowest BCUT2D eigenvalue weighted by Crippen LogP contribution is -2.32. The Morgan fingerprint density at radius 3 is 2.53 bits per heavy atom. The molecule has 0 spiro atoms. The molecule has 1 N–H and O–H groups in total. The summed E-state index contributed by atoms with van der Waals surface area (Å²) >= 11 is 3.34. The normalized spacial score (nSPS) is 19.1. The summed E-state index contributed by atoms with van der Waals surface area (Å²) in [5, 5.41) is 3.56. The van der Waals surface area contributed by atoms with Crippen LogP contribution in [0.4, 0.5) is 4.39 Å². The number of nitrogens with one attached hydrogen (secondary N) is 1. The predicted molar refractivity (Wildman–Crippen MR) is 81.6 cm³/mol. The molecule has 1 fully saturated rings. The Morgan fingerprint density at radius 2 is 1.89 bits per heavy atom. The third-order valence-corrected chi connectivity index (χ3v) is 4.62. The van der Waals surface area contributed by atoms with Crippen molar-refractivity contribution in [3.05, 3.63) is 34.1 Å². The van der Waals surface area contributed by atoms with Gasteiger partial charge in [0.15, 0.2) is 0 Å². The van der Waals surface area contributed by atoms with Gasteiger partial charge >= 0.3 is 0 Å². The van der Waals surface area contributed by atoms with E-state index in [1.807, 2.05) is 6.07 Å². The quantitative estimate of drug-likeness (QED) is 0.764. The third-order valence-electron chi connectivity index (χ3n) is 4.16. The zero-order valence-electron chi connectivity index (χ0n) is 11.6. The molecular formula is C16H23BrFN. The van der Waals surface area contributed by atoms with Crippen LogP contribution < -0.4 is 5.32 Å². The van der Waals surface area contributed by atoms with E-state index in [-0.39, 0.29) is 5.82 Å². The molecular weight excluding hydrogens is 305 g/mol. The van der Waals surface area contributed by atoms with Gasteiger partial charge in [0.25, 0.3) is 0 Å². The molecule has 106 valence electrons. The first-order chi connectivity index (χ1) is 9.15. The minimum absolute atomic E-state index is 0.173. The Kier molecular flexibility index (Phi) is 5.83. The fourth-order valence-electron chi connectivity index (χ4n) is 2.97. The van der Waals surface area contributed by atoms with Crippen molar-refractivity contribution in [2.75, 3.05) is 0 Å². The molecule has 0 heterocycles. The molecule has 3 heteroatoms. The Morgan fingerprint density at radius 1 is 1.21 bits per heavy atom. The minimum atomic E-state index is -0.173. The molecule has 1 aliphatic rings. The first-order valence-corrected chi connectivity index (χ1v) is 8.13. The molecule has 2 rings (SSSR count). The fourth-order valence-corrected chi connectivity index (χ4v) is 3.48. The second-order valence-electron chi connectivity index (χ2n) is 5.70. The number of rotatable bonds is 4. The van der Waals surface area contributed by atoms with E-state index in [0.29, 0.717) is 6.04 Å². The molecule has 19 heavy (non-hydrogen) atoms. The van der Waals surface area contributed by atoms with Gasteiger partial charge in [-0.15, -0.1) is 0 Å².